The number of carboxylic acid groups (broad SMARTS) is 1. The van der Waals surface area contributed by atoms with E-state index in [-0.39, 0.29) is 11.7 Å². The van der Waals surface area contributed by atoms with E-state index in [1.54, 1.807) is 17.7 Å². The number of hydrogen-bond acceptors (Lipinski definition) is 7. The van der Waals surface area contributed by atoms with Crippen LogP contribution in [-0.2, 0) is 11.3 Å². The number of piperidine rings is 1. The van der Waals surface area contributed by atoms with Crippen LogP contribution in [0, 0.1) is 5.92 Å². The minimum Gasteiger partial charge on any atom is -0.476 e. The highest BCUT2D eigenvalue weighted by Crippen LogP contribution is 2.23. The third kappa shape index (κ3) is 4.16. The molecule has 9 heteroatoms. The molecule has 1 saturated heterocycles. The van der Waals surface area contributed by atoms with E-state index in [1.807, 2.05) is 6.07 Å². The molecule has 0 bridgehead atoms. The fourth-order valence-electron chi connectivity index (χ4n) is 3.08. The van der Waals surface area contributed by atoms with Gasteiger partial charge in [0.15, 0.2) is 5.69 Å². The first kappa shape index (κ1) is 17.8. The van der Waals surface area contributed by atoms with E-state index >= 15 is 0 Å². The molecular weight excluding hydrogens is 338 g/mol. The van der Waals surface area contributed by atoms with Crippen LogP contribution in [0.25, 0.3) is 0 Å². The quantitative estimate of drug-likeness (QED) is 0.772. The number of ether oxygens (including phenoxy) is 1. The van der Waals surface area contributed by atoms with Gasteiger partial charge < -0.3 is 14.7 Å². The highest BCUT2D eigenvalue weighted by Gasteiger charge is 2.22. The van der Waals surface area contributed by atoms with Gasteiger partial charge in [0.05, 0.1) is 18.4 Å². The Bertz CT molecular complexity index is 774. The molecular formula is C17H21N5O4. The molecule has 3 rings (SSSR count). The Labute approximate surface area is 150 Å². The van der Waals surface area contributed by atoms with Crippen molar-refractivity contribution in [2.45, 2.75) is 26.3 Å². The second kappa shape index (κ2) is 7.94. The van der Waals surface area contributed by atoms with Crippen LogP contribution in [0.5, 0.6) is 0 Å². The van der Waals surface area contributed by atoms with Crippen LogP contribution in [0.2, 0.25) is 0 Å². The number of anilines is 1. The normalized spacial score (nSPS) is 17.1. The van der Waals surface area contributed by atoms with E-state index in [0.29, 0.717) is 24.6 Å². The summed E-state index contributed by atoms with van der Waals surface area (Å²) in [5.41, 5.74) is 0.391. The highest BCUT2D eigenvalue weighted by atomic mass is 16.5. The van der Waals surface area contributed by atoms with E-state index in [1.165, 1.54) is 12.4 Å². The lowest BCUT2D eigenvalue weighted by molar-refractivity contribution is 0.0525. The minimum absolute atomic E-state index is 0.0473. The minimum atomic E-state index is -1.08. The molecule has 3 heterocycles. The van der Waals surface area contributed by atoms with Gasteiger partial charge in [0.1, 0.15) is 5.82 Å². The van der Waals surface area contributed by atoms with E-state index in [2.05, 4.69) is 20.2 Å². The van der Waals surface area contributed by atoms with Gasteiger partial charge in [-0.25, -0.2) is 14.6 Å². The number of esters is 1. The molecule has 2 aromatic heterocycles. The third-order valence-corrected chi connectivity index (χ3v) is 4.31. The van der Waals surface area contributed by atoms with Gasteiger partial charge in [-0.2, -0.15) is 0 Å². The number of hydrogen-bond donors (Lipinski definition) is 1. The number of rotatable bonds is 6. The van der Waals surface area contributed by atoms with Gasteiger partial charge in [-0.1, -0.05) is 5.21 Å². The summed E-state index contributed by atoms with van der Waals surface area (Å²) in [7, 11) is 0. The SMILES string of the molecule is CCOC(=O)c1ccc(N2CCCC(Cn3cc(C(=O)O)nn3)C2)nc1. The Hall–Kier alpha value is -2.97. The molecule has 0 amide bonds. The monoisotopic (exact) mass is 359 g/mol. The predicted octanol–water partition coefficient (Wildman–Crippen LogP) is 1.46. The van der Waals surface area contributed by atoms with E-state index in [4.69, 9.17) is 9.84 Å². The maximum absolute atomic E-state index is 11.7. The summed E-state index contributed by atoms with van der Waals surface area (Å²) in [6.07, 6.45) is 5.02. The van der Waals surface area contributed by atoms with Gasteiger partial charge >= 0.3 is 11.9 Å². The van der Waals surface area contributed by atoms with Crippen LogP contribution in [0.3, 0.4) is 0 Å². The number of aromatic nitrogens is 4. The zero-order valence-electron chi connectivity index (χ0n) is 14.5. The molecule has 1 atom stereocenters. The summed E-state index contributed by atoms with van der Waals surface area (Å²) >= 11 is 0. The van der Waals surface area contributed by atoms with Crippen molar-refractivity contribution < 1.29 is 19.4 Å². The topological polar surface area (TPSA) is 110 Å². The number of nitrogens with zero attached hydrogens (tertiary/aromatic N) is 5. The molecule has 1 aliphatic rings. The lowest BCUT2D eigenvalue weighted by Gasteiger charge is -2.33. The van der Waals surface area contributed by atoms with Crippen molar-refractivity contribution in [3.8, 4) is 0 Å². The van der Waals surface area contributed by atoms with Crippen LogP contribution in [-0.4, -0.2) is 56.7 Å². The number of aromatic carboxylic acids is 1. The maximum Gasteiger partial charge on any atom is 0.358 e. The smallest absolute Gasteiger partial charge is 0.358 e. The first-order chi connectivity index (χ1) is 12.6. The summed E-state index contributed by atoms with van der Waals surface area (Å²) < 4.78 is 6.54. The van der Waals surface area contributed by atoms with Crippen molar-refractivity contribution in [1.82, 2.24) is 20.0 Å². The lowest BCUT2D eigenvalue weighted by atomic mass is 9.98. The van der Waals surface area contributed by atoms with Gasteiger partial charge in [0.25, 0.3) is 0 Å². The zero-order valence-corrected chi connectivity index (χ0v) is 14.5. The molecule has 0 saturated carbocycles. The Morgan fingerprint density at radius 1 is 1.38 bits per heavy atom. The summed E-state index contributed by atoms with van der Waals surface area (Å²) in [5, 5.41) is 16.4. The average molecular weight is 359 g/mol. The van der Waals surface area contributed by atoms with Crippen LogP contribution in [0.4, 0.5) is 5.82 Å². The van der Waals surface area contributed by atoms with Crippen LogP contribution < -0.4 is 4.90 Å². The number of pyridine rings is 1. The predicted molar refractivity (Wildman–Crippen MR) is 92.1 cm³/mol. The van der Waals surface area contributed by atoms with Crippen molar-refractivity contribution in [3.63, 3.8) is 0 Å². The second-order valence-electron chi connectivity index (χ2n) is 6.21. The first-order valence-electron chi connectivity index (χ1n) is 8.58. The third-order valence-electron chi connectivity index (χ3n) is 4.31. The first-order valence-corrected chi connectivity index (χ1v) is 8.58. The number of carbonyl (C=O) groups excluding carboxylic acids is 1. The molecule has 1 aliphatic heterocycles. The van der Waals surface area contributed by atoms with E-state index < -0.39 is 5.97 Å². The molecule has 0 radical (unpaired) electrons. The van der Waals surface area contributed by atoms with Crippen molar-refractivity contribution >= 4 is 17.8 Å². The van der Waals surface area contributed by atoms with Crippen molar-refractivity contribution in [1.29, 1.82) is 0 Å². The highest BCUT2D eigenvalue weighted by molar-refractivity contribution is 5.89. The summed E-state index contributed by atoms with van der Waals surface area (Å²) in [6.45, 7) is 4.38. The Kier molecular flexibility index (Phi) is 5.45. The number of carboxylic acids is 1. The van der Waals surface area contributed by atoms with E-state index in [0.717, 1.165) is 31.7 Å². The fourth-order valence-corrected chi connectivity index (χ4v) is 3.08. The van der Waals surface area contributed by atoms with Crippen molar-refractivity contribution in [2.75, 3.05) is 24.6 Å². The largest absolute Gasteiger partial charge is 0.476 e. The Balaban J connectivity index is 1.62. The second-order valence-corrected chi connectivity index (χ2v) is 6.21. The molecule has 26 heavy (non-hydrogen) atoms. The van der Waals surface area contributed by atoms with Crippen LogP contribution in [0.1, 0.15) is 40.6 Å². The molecule has 1 fully saturated rings. The summed E-state index contributed by atoms with van der Waals surface area (Å²) in [6, 6.07) is 3.55. The van der Waals surface area contributed by atoms with Gasteiger partial charge in [-0.15, -0.1) is 5.10 Å². The van der Waals surface area contributed by atoms with Crippen LogP contribution in [0.15, 0.2) is 24.5 Å². The van der Waals surface area contributed by atoms with Gasteiger partial charge in [0.2, 0.25) is 0 Å². The molecule has 0 spiro atoms. The van der Waals surface area contributed by atoms with E-state index in [9.17, 15) is 9.59 Å². The molecule has 9 nitrogen and oxygen atoms in total. The van der Waals surface area contributed by atoms with Crippen LogP contribution >= 0.6 is 0 Å². The van der Waals surface area contributed by atoms with Crippen molar-refractivity contribution in [2.24, 2.45) is 5.92 Å². The average Bonchev–Trinajstić information content (AvgIpc) is 3.11. The van der Waals surface area contributed by atoms with Crippen molar-refractivity contribution in [3.05, 3.63) is 35.8 Å². The maximum atomic E-state index is 11.7. The lowest BCUT2D eigenvalue weighted by Crippen LogP contribution is -2.37. The molecule has 1 N–H and O–H groups in total. The summed E-state index contributed by atoms with van der Waals surface area (Å²) in [5.74, 6) is -0.318. The molecule has 0 aromatic carbocycles. The zero-order chi connectivity index (χ0) is 18.5. The number of carbonyl (C=O) groups is 2. The Morgan fingerprint density at radius 3 is 2.88 bits per heavy atom. The van der Waals surface area contributed by atoms with Gasteiger partial charge in [-0.3, -0.25) is 4.68 Å². The Morgan fingerprint density at radius 2 is 2.23 bits per heavy atom. The molecule has 1 unspecified atom stereocenters. The standard InChI is InChI=1S/C17H21N5O4/c1-2-26-17(25)13-5-6-15(18-8-13)21-7-3-4-12(9-21)10-22-11-14(16(23)24)19-20-22/h5-6,8,11-12H,2-4,7,9-10H2,1H3,(H,23,24). The van der Waals surface area contributed by atoms with Gasteiger partial charge in [-0.05, 0) is 37.8 Å². The molecule has 138 valence electrons. The van der Waals surface area contributed by atoms with Gasteiger partial charge in [0, 0.05) is 25.8 Å². The molecule has 0 aliphatic carbocycles. The fraction of sp³-hybridized carbons (Fsp3) is 0.471. The summed E-state index contributed by atoms with van der Waals surface area (Å²) in [4.78, 5) is 29.2. The molecule has 2 aromatic rings.